The van der Waals surface area contributed by atoms with Crippen molar-refractivity contribution in [3.8, 4) is 0 Å². The van der Waals surface area contributed by atoms with Crippen LogP contribution in [-0.2, 0) is 6.54 Å². The van der Waals surface area contributed by atoms with Gasteiger partial charge in [0.15, 0.2) is 0 Å². The predicted octanol–water partition coefficient (Wildman–Crippen LogP) is 2.77. The molecule has 1 aromatic carbocycles. The van der Waals surface area contributed by atoms with Gasteiger partial charge in [-0.3, -0.25) is 0 Å². The second-order valence-corrected chi connectivity index (χ2v) is 4.98. The quantitative estimate of drug-likeness (QED) is 0.845. The summed E-state index contributed by atoms with van der Waals surface area (Å²) >= 11 is 0. The fraction of sp³-hybridized carbons (Fsp3) is 0.571. The first-order chi connectivity index (χ1) is 7.74. The van der Waals surface area contributed by atoms with Gasteiger partial charge in [-0.1, -0.05) is 32.0 Å². The minimum Gasteiger partial charge on any atom is -0.368 e. The summed E-state index contributed by atoms with van der Waals surface area (Å²) in [7, 11) is 0. The molecule has 1 fully saturated rings. The maximum Gasteiger partial charge on any atom is 0.0414 e. The highest BCUT2D eigenvalue weighted by atomic mass is 15.2. The predicted molar refractivity (Wildman–Crippen MR) is 69.5 cm³/mol. The van der Waals surface area contributed by atoms with Crippen LogP contribution in [0.4, 0.5) is 5.69 Å². The Labute approximate surface area is 98.4 Å². The molecule has 1 heterocycles. The van der Waals surface area contributed by atoms with Crippen molar-refractivity contribution in [2.45, 2.75) is 39.3 Å². The van der Waals surface area contributed by atoms with Crippen molar-refractivity contribution in [2.75, 3.05) is 11.4 Å². The van der Waals surface area contributed by atoms with Crippen molar-refractivity contribution < 1.29 is 0 Å². The van der Waals surface area contributed by atoms with E-state index in [0.29, 0.717) is 18.5 Å². The van der Waals surface area contributed by atoms with Crippen LogP contribution in [0, 0.1) is 5.92 Å². The van der Waals surface area contributed by atoms with Crippen molar-refractivity contribution in [3.05, 3.63) is 29.8 Å². The van der Waals surface area contributed by atoms with Gasteiger partial charge in [-0.15, -0.1) is 0 Å². The molecule has 0 saturated carbocycles. The lowest BCUT2D eigenvalue weighted by molar-refractivity contribution is 0.491. The van der Waals surface area contributed by atoms with Crippen molar-refractivity contribution in [1.82, 2.24) is 0 Å². The molecule has 2 heteroatoms. The van der Waals surface area contributed by atoms with E-state index < -0.39 is 0 Å². The van der Waals surface area contributed by atoms with Gasteiger partial charge in [-0.05, 0) is 30.4 Å². The lowest BCUT2D eigenvalue weighted by Crippen LogP contribution is -2.34. The minimum absolute atomic E-state index is 0.636. The first-order valence-electron chi connectivity index (χ1n) is 6.28. The van der Waals surface area contributed by atoms with E-state index in [2.05, 4.69) is 43.0 Å². The van der Waals surface area contributed by atoms with Crippen LogP contribution >= 0.6 is 0 Å². The van der Waals surface area contributed by atoms with Gasteiger partial charge < -0.3 is 10.6 Å². The zero-order valence-electron chi connectivity index (χ0n) is 10.3. The largest absolute Gasteiger partial charge is 0.368 e. The van der Waals surface area contributed by atoms with E-state index in [1.165, 1.54) is 30.6 Å². The molecule has 1 aliphatic heterocycles. The molecule has 1 aromatic rings. The molecule has 16 heavy (non-hydrogen) atoms. The minimum atomic E-state index is 0.636. The SMILES string of the molecule is CC(C)C1CCCN1c1ccccc1CN. The number of hydrogen-bond acceptors (Lipinski definition) is 2. The molecule has 0 aliphatic carbocycles. The lowest BCUT2D eigenvalue weighted by Gasteiger charge is -2.31. The van der Waals surface area contributed by atoms with Crippen LogP contribution in [0.2, 0.25) is 0 Å². The third kappa shape index (κ3) is 2.07. The van der Waals surface area contributed by atoms with E-state index in [-0.39, 0.29) is 0 Å². The fourth-order valence-electron chi connectivity index (χ4n) is 2.75. The molecule has 2 N–H and O–H groups in total. The highest BCUT2D eigenvalue weighted by Gasteiger charge is 2.27. The molecule has 0 amide bonds. The van der Waals surface area contributed by atoms with E-state index >= 15 is 0 Å². The van der Waals surface area contributed by atoms with Gasteiger partial charge in [-0.25, -0.2) is 0 Å². The third-order valence-electron chi connectivity index (χ3n) is 3.59. The molecule has 1 atom stereocenters. The summed E-state index contributed by atoms with van der Waals surface area (Å²) in [6, 6.07) is 9.23. The molecule has 1 saturated heterocycles. The normalized spacial score (nSPS) is 20.8. The molecule has 2 rings (SSSR count). The maximum atomic E-state index is 5.81. The average Bonchev–Trinajstić information content (AvgIpc) is 2.77. The highest BCUT2D eigenvalue weighted by molar-refractivity contribution is 5.55. The summed E-state index contributed by atoms with van der Waals surface area (Å²) in [6.45, 7) is 6.44. The van der Waals surface area contributed by atoms with Gasteiger partial charge in [0.25, 0.3) is 0 Å². The van der Waals surface area contributed by atoms with Crippen molar-refractivity contribution in [3.63, 3.8) is 0 Å². The molecule has 0 bridgehead atoms. The Morgan fingerprint density at radius 3 is 2.81 bits per heavy atom. The molecule has 1 aliphatic rings. The Morgan fingerprint density at radius 1 is 1.38 bits per heavy atom. The van der Waals surface area contributed by atoms with Gasteiger partial charge in [0, 0.05) is 24.8 Å². The van der Waals surface area contributed by atoms with Gasteiger partial charge in [0.1, 0.15) is 0 Å². The maximum absolute atomic E-state index is 5.81. The number of para-hydroxylation sites is 1. The summed E-state index contributed by atoms with van der Waals surface area (Å²) in [5, 5.41) is 0. The second-order valence-electron chi connectivity index (χ2n) is 4.98. The summed E-state index contributed by atoms with van der Waals surface area (Å²) < 4.78 is 0. The van der Waals surface area contributed by atoms with Crippen LogP contribution in [0.5, 0.6) is 0 Å². The monoisotopic (exact) mass is 218 g/mol. The molecular formula is C14H22N2. The van der Waals surface area contributed by atoms with Crippen LogP contribution in [0.1, 0.15) is 32.3 Å². The van der Waals surface area contributed by atoms with E-state index in [4.69, 9.17) is 5.73 Å². The number of nitrogens with two attached hydrogens (primary N) is 1. The summed E-state index contributed by atoms with van der Waals surface area (Å²) in [6.07, 6.45) is 2.62. The van der Waals surface area contributed by atoms with Crippen LogP contribution < -0.4 is 10.6 Å². The first kappa shape index (κ1) is 11.5. The summed E-state index contributed by atoms with van der Waals surface area (Å²) in [5.74, 6) is 0.716. The Bertz CT molecular complexity index is 346. The van der Waals surface area contributed by atoms with Crippen molar-refractivity contribution in [1.29, 1.82) is 0 Å². The van der Waals surface area contributed by atoms with Gasteiger partial charge in [0.2, 0.25) is 0 Å². The van der Waals surface area contributed by atoms with Crippen LogP contribution in [0.15, 0.2) is 24.3 Å². The Kier molecular flexibility index (Phi) is 3.49. The van der Waals surface area contributed by atoms with Gasteiger partial charge >= 0.3 is 0 Å². The summed E-state index contributed by atoms with van der Waals surface area (Å²) in [4.78, 5) is 2.55. The Hall–Kier alpha value is -1.02. The molecular weight excluding hydrogens is 196 g/mol. The van der Waals surface area contributed by atoms with E-state index in [1.807, 2.05) is 0 Å². The number of benzene rings is 1. The number of hydrogen-bond donors (Lipinski definition) is 1. The molecule has 88 valence electrons. The first-order valence-corrected chi connectivity index (χ1v) is 6.28. The Balaban J connectivity index is 2.28. The van der Waals surface area contributed by atoms with Crippen molar-refractivity contribution in [2.24, 2.45) is 11.7 Å². The van der Waals surface area contributed by atoms with E-state index in [9.17, 15) is 0 Å². The highest BCUT2D eigenvalue weighted by Crippen LogP contribution is 2.31. The lowest BCUT2D eigenvalue weighted by atomic mass is 10.0. The molecule has 0 spiro atoms. The van der Waals surface area contributed by atoms with Crippen LogP contribution in [0.25, 0.3) is 0 Å². The topological polar surface area (TPSA) is 29.3 Å². The van der Waals surface area contributed by atoms with Gasteiger partial charge in [0.05, 0.1) is 0 Å². The molecule has 0 aromatic heterocycles. The zero-order chi connectivity index (χ0) is 11.5. The van der Waals surface area contributed by atoms with Crippen LogP contribution in [0.3, 0.4) is 0 Å². The standard InChI is InChI=1S/C14H22N2/c1-11(2)13-8-5-9-16(13)14-7-4-3-6-12(14)10-15/h3-4,6-7,11,13H,5,8-10,15H2,1-2H3. The van der Waals surface area contributed by atoms with Crippen molar-refractivity contribution >= 4 is 5.69 Å². The average molecular weight is 218 g/mol. The van der Waals surface area contributed by atoms with E-state index in [0.717, 1.165) is 0 Å². The Morgan fingerprint density at radius 2 is 2.12 bits per heavy atom. The van der Waals surface area contributed by atoms with Gasteiger partial charge in [-0.2, -0.15) is 0 Å². The van der Waals surface area contributed by atoms with Crippen LogP contribution in [-0.4, -0.2) is 12.6 Å². The molecule has 2 nitrogen and oxygen atoms in total. The third-order valence-corrected chi connectivity index (χ3v) is 3.59. The fourth-order valence-corrected chi connectivity index (χ4v) is 2.75. The van der Waals surface area contributed by atoms with E-state index in [1.54, 1.807) is 0 Å². The molecule has 0 radical (unpaired) electrons. The smallest absolute Gasteiger partial charge is 0.0414 e. The second kappa shape index (κ2) is 4.88. The number of anilines is 1. The molecule has 1 unspecified atom stereocenters. The number of nitrogens with zero attached hydrogens (tertiary/aromatic N) is 1. The zero-order valence-corrected chi connectivity index (χ0v) is 10.3. The number of rotatable bonds is 3. The summed E-state index contributed by atoms with van der Waals surface area (Å²) in [5.41, 5.74) is 8.43.